The van der Waals surface area contributed by atoms with Gasteiger partial charge in [-0.05, 0) is 62.2 Å². The zero-order valence-corrected chi connectivity index (χ0v) is 15.3. The number of aryl methyl sites for hydroxylation is 2. The summed E-state index contributed by atoms with van der Waals surface area (Å²) in [5.74, 6) is -0.260. The van der Waals surface area contributed by atoms with Gasteiger partial charge >= 0.3 is 5.97 Å². The first-order valence-electron chi connectivity index (χ1n) is 7.74. The minimum Gasteiger partial charge on any atom is -0.481 e. The van der Waals surface area contributed by atoms with Crippen LogP contribution >= 0.6 is 11.6 Å². The normalized spacial score (nSPS) is 11.6. The smallest absolute Gasteiger partial charge is 0.337 e. The first kappa shape index (κ1) is 18.8. The van der Waals surface area contributed by atoms with Gasteiger partial charge in [-0.3, -0.25) is 4.79 Å². The maximum Gasteiger partial charge on any atom is 0.337 e. The molecule has 0 unspecified atom stereocenters. The van der Waals surface area contributed by atoms with Crippen LogP contribution in [-0.2, 0) is 9.53 Å². The summed E-state index contributed by atoms with van der Waals surface area (Å²) in [5.41, 5.74) is 2.73. The van der Waals surface area contributed by atoms with Crippen molar-refractivity contribution < 1.29 is 19.1 Å². The first-order chi connectivity index (χ1) is 11.8. The van der Waals surface area contributed by atoms with E-state index in [9.17, 15) is 9.59 Å². The van der Waals surface area contributed by atoms with Crippen LogP contribution in [0, 0.1) is 13.8 Å². The number of rotatable bonds is 5. The maximum atomic E-state index is 12.4. The number of carbonyl (C=O) groups is 2. The van der Waals surface area contributed by atoms with Crippen LogP contribution in [0.15, 0.2) is 36.4 Å². The van der Waals surface area contributed by atoms with E-state index >= 15 is 0 Å². The lowest BCUT2D eigenvalue weighted by Crippen LogP contribution is -2.30. The van der Waals surface area contributed by atoms with Crippen molar-refractivity contribution in [3.05, 3.63) is 58.1 Å². The number of amides is 1. The fourth-order valence-corrected chi connectivity index (χ4v) is 2.52. The fraction of sp³-hybridized carbons (Fsp3) is 0.263. The van der Waals surface area contributed by atoms with Crippen LogP contribution in [0.1, 0.15) is 28.4 Å². The summed E-state index contributed by atoms with van der Waals surface area (Å²) in [4.78, 5) is 24.0. The molecule has 0 aliphatic heterocycles. The van der Waals surface area contributed by atoms with Crippen LogP contribution in [0.25, 0.3) is 0 Å². The van der Waals surface area contributed by atoms with E-state index in [2.05, 4.69) is 10.1 Å². The fourth-order valence-electron chi connectivity index (χ4n) is 2.36. The summed E-state index contributed by atoms with van der Waals surface area (Å²) in [6, 6.07) is 10.3. The Bertz CT molecular complexity index is 784. The average molecular weight is 362 g/mol. The van der Waals surface area contributed by atoms with E-state index in [-0.39, 0.29) is 5.91 Å². The van der Waals surface area contributed by atoms with E-state index in [0.717, 1.165) is 11.1 Å². The molecular formula is C19H20ClNO4. The van der Waals surface area contributed by atoms with Gasteiger partial charge in [0.25, 0.3) is 5.91 Å². The van der Waals surface area contributed by atoms with Gasteiger partial charge in [0.05, 0.1) is 23.4 Å². The molecule has 0 heterocycles. The van der Waals surface area contributed by atoms with Gasteiger partial charge in [-0.25, -0.2) is 4.79 Å². The molecule has 5 nitrogen and oxygen atoms in total. The molecule has 0 bridgehead atoms. The summed E-state index contributed by atoms with van der Waals surface area (Å²) in [6.45, 7) is 5.57. The van der Waals surface area contributed by atoms with E-state index in [4.69, 9.17) is 16.3 Å². The standard InChI is InChI=1S/C19H20ClNO4/c1-11-7-12(2)9-15(8-11)25-13(3)18(22)21-17-10-14(19(23)24-4)5-6-16(17)20/h5-10,13H,1-4H3,(H,21,22)/t13-/m0/s1. The lowest BCUT2D eigenvalue weighted by atomic mass is 10.1. The van der Waals surface area contributed by atoms with Gasteiger partial charge in [0.1, 0.15) is 5.75 Å². The summed E-state index contributed by atoms with van der Waals surface area (Å²) in [6.07, 6.45) is -0.737. The van der Waals surface area contributed by atoms with Crippen molar-refractivity contribution in [1.82, 2.24) is 0 Å². The Morgan fingerprint density at radius 2 is 1.72 bits per heavy atom. The molecule has 0 saturated heterocycles. The Kier molecular flexibility index (Phi) is 6.04. The Morgan fingerprint density at radius 3 is 2.32 bits per heavy atom. The van der Waals surface area contributed by atoms with Gasteiger partial charge in [0.15, 0.2) is 6.10 Å². The lowest BCUT2D eigenvalue weighted by Gasteiger charge is -2.16. The molecule has 0 aliphatic rings. The minimum atomic E-state index is -0.737. The molecule has 0 aromatic heterocycles. The van der Waals surface area contributed by atoms with Crippen molar-refractivity contribution in [1.29, 1.82) is 0 Å². The van der Waals surface area contributed by atoms with Crippen molar-refractivity contribution in [2.24, 2.45) is 0 Å². The van der Waals surface area contributed by atoms with Crippen molar-refractivity contribution in [3.8, 4) is 5.75 Å². The molecule has 25 heavy (non-hydrogen) atoms. The van der Waals surface area contributed by atoms with Crippen molar-refractivity contribution in [3.63, 3.8) is 0 Å². The van der Waals surface area contributed by atoms with E-state index in [1.807, 2.05) is 32.0 Å². The van der Waals surface area contributed by atoms with Gasteiger partial charge in [-0.2, -0.15) is 0 Å². The van der Waals surface area contributed by atoms with Crippen LogP contribution in [0.4, 0.5) is 5.69 Å². The van der Waals surface area contributed by atoms with E-state index in [1.54, 1.807) is 6.92 Å². The lowest BCUT2D eigenvalue weighted by molar-refractivity contribution is -0.122. The molecule has 132 valence electrons. The topological polar surface area (TPSA) is 64.6 Å². The molecule has 0 radical (unpaired) electrons. The van der Waals surface area contributed by atoms with Crippen LogP contribution in [-0.4, -0.2) is 25.1 Å². The molecule has 1 amide bonds. The van der Waals surface area contributed by atoms with Crippen molar-refractivity contribution in [2.45, 2.75) is 26.9 Å². The summed E-state index contributed by atoms with van der Waals surface area (Å²) < 4.78 is 10.4. The summed E-state index contributed by atoms with van der Waals surface area (Å²) >= 11 is 6.09. The second-order valence-electron chi connectivity index (χ2n) is 5.76. The van der Waals surface area contributed by atoms with Gasteiger partial charge in [0.2, 0.25) is 0 Å². The molecular weight excluding hydrogens is 342 g/mol. The van der Waals surface area contributed by atoms with Crippen molar-refractivity contribution in [2.75, 3.05) is 12.4 Å². The number of ether oxygens (including phenoxy) is 2. The largest absolute Gasteiger partial charge is 0.481 e. The number of carbonyl (C=O) groups excluding carboxylic acids is 2. The predicted molar refractivity (Wildman–Crippen MR) is 97.4 cm³/mol. The van der Waals surface area contributed by atoms with Crippen LogP contribution < -0.4 is 10.1 Å². The molecule has 2 aromatic rings. The third-order valence-electron chi connectivity index (χ3n) is 3.52. The molecule has 0 saturated carbocycles. The summed E-state index contributed by atoms with van der Waals surface area (Å²) in [7, 11) is 1.29. The number of esters is 1. The zero-order valence-electron chi connectivity index (χ0n) is 14.6. The number of methoxy groups -OCH3 is 1. The van der Waals surface area contributed by atoms with E-state index in [0.29, 0.717) is 22.0 Å². The highest BCUT2D eigenvalue weighted by Crippen LogP contribution is 2.24. The minimum absolute atomic E-state index is 0.296. The van der Waals surface area contributed by atoms with Crippen LogP contribution in [0.3, 0.4) is 0 Å². The van der Waals surface area contributed by atoms with Gasteiger partial charge in [-0.1, -0.05) is 17.7 Å². The number of hydrogen-bond acceptors (Lipinski definition) is 4. The Hall–Kier alpha value is -2.53. The Labute approximate surface area is 151 Å². The zero-order chi connectivity index (χ0) is 18.6. The molecule has 1 N–H and O–H groups in total. The number of hydrogen-bond donors (Lipinski definition) is 1. The van der Waals surface area contributed by atoms with Crippen LogP contribution in [0.5, 0.6) is 5.75 Å². The first-order valence-corrected chi connectivity index (χ1v) is 8.11. The monoisotopic (exact) mass is 361 g/mol. The highest BCUT2D eigenvalue weighted by Gasteiger charge is 2.17. The third kappa shape index (κ3) is 4.97. The quantitative estimate of drug-likeness (QED) is 0.812. The Balaban J connectivity index is 2.11. The SMILES string of the molecule is COC(=O)c1ccc(Cl)c(NC(=O)[C@H](C)Oc2cc(C)cc(C)c2)c1. The highest BCUT2D eigenvalue weighted by atomic mass is 35.5. The number of benzene rings is 2. The summed E-state index contributed by atoms with van der Waals surface area (Å²) in [5, 5.41) is 2.99. The van der Waals surface area contributed by atoms with Gasteiger partial charge < -0.3 is 14.8 Å². The maximum absolute atomic E-state index is 12.4. The number of halogens is 1. The molecule has 0 fully saturated rings. The van der Waals surface area contributed by atoms with E-state index < -0.39 is 12.1 Å². The Morgan fingerprint density at radius 1 is 1.08 bits per heavy atom. The van der Waals surface area contributed by atoms with Gasteiger partial charge in [-0.15, -0.1) is 0 Å². The highest BCUT2D eigenvalue weighted by molar-refractivity contribution is 6.33. The second-order valence-corrected chi connectivity index (χ2v) is 6.17. The predicted octanol–water partition coefficient (Wildman–Crippen LogP) is 4.15. The molecule has 2 aromatic carbocycles. The van der Waals surface area contributed by atoms with Crippen molar-refractivity contribution >= 4 is 29.2 Å². The second kappa shape index (κ2) is 8.03. The van der Waals surface area contributed by atoms with Crippen LogP contribution in [0.2, 0.25) is 5.02 Å². The third-order valence-corrected chi connectivity index (χ3v) is 3.85. The molecule has 6 heteroatoms. The molecule has 2 rings (SSSR count). The molecule has 0 aliphatic carbocycles. The number of nitrogens with one attached hydrogen (secondary N) is 1. The van der Waals surface area contributed by atoms with Gasteiger partial charge in [0, 0.05) is 0 Å². The van der Waals surface area contributed by atoms with E-state index in [1.165, 1.54) is 25.3 Å². The molecule has 1 atom stereocenters. The molecule has 0 spiro atoms. The number of anilines is 1. The average Bonchev–Trinajstić information content (AvgIpc) is 2.55.